The number of halogens is 3. The Hall–Kier alpha value is -3.39. The predicted octanol–water partition coefficient (Wildman–Crippen LogP) is 4.44. The predicted molar refractivity (Wildman–Crippen MR) is 117 cm³/mol. The van der Waals surface area contributed by atoms with Gasteiger partial charge in [-0.3, -0.25) is 15.0 Å². The molecule has 172 valence electrons. The second-order valence-corrected chi connectivity index (χ2v) is 8.56. The molecule has 3 N–H and O–H groups in total. The normalized spacial score (nSPS) is 22.9. The standard InChI is InChI=1S/C22H23F3N8/c23-22(24,25)18-12-20(32-31-18)29-19-11-17-16(3-1-7-27-17)21(30-19)28-13-9-14-4-5-15(10-13)33(14)8-2-6-26/h1,3,7,11-15H,2,4-5,8-10H2,(H3,28,29,30,31,32)/t13?,14-,15+. The van der Waals surface area contributed by atoms with E-state index in [0.29, 0.717) is 35.7 Å². The summed E-state index contributed by atoms with van der Waals surface area (Å²) >= 11 is 0. The number of anilines is 3. The molecule has 8 nitrogen and oxygen atoms in total. The highest BCUT2D eigenvalue weighted by Gasteiger charge is 2.40. The van der Waals surface area contributed by atoms with Crippen molar-refractivity contribution in [3.8, 4) is 6.07 Å². The summed E-state index contributed by atoms with van der Waals surface area (Å²) < 4.78 is 38.7. The Morgan fingerprint density at radius 1 is 1.18 bits per heavy atom. The van der Waals surface area contributed by atoms with Crippen LogP contribution in [0.3, 0.4) is 0 Å². The van der Waals surface area contributed by atoms with Crippen molar-refractivity contribution in [3.63, 3.8) is 0 Å². The van der Waals surface area contributed by atoms with Crippen LogP contribution in [0, 0.1) is 11.3 Å². The molecule has 0 spiro atoms. The number of H-pyrrole nitrogens is 1. The highest BCUT2D eigenvalue weighted by atomic mass is 19.4. The Morgan fingerprint density at radius 2 is 1.97 bits per heavy atom. The Balaban J connectivity index is 1.37. The first-order chi connectivity index (χ1) is 15.9. The van der Waals surface area contributed by atoms with E-state index in [1.807, 2.05) is 17.2 Å². The van der Waals surface area contributed by atoms with Gasteiger partial charge in [0, 0.05) is 54.8 Å². The summed E-state index contributed by atoms with van der Waals surface area (Å²) in [4.78, 5) is 11.5. The summed E-state index contributed by atoms with van der Waals surface area (Å²) in [5.74, 6) is 1.03. The van der Waals surface area contributed by atoms with Crippen LogP contribution in [0.25, 0.3) is 10.9 Å². The molecule has 3 aromatic rings. The van der Waals surface area contributed by atoms with Crippen LogP contribution in [0.1, 0.15) is 37.8 Å². The molecule has 2 aliphatic heterocycles. The number of aromatic amines is 1. The van der Waals surface area contributed by atoms with Crippen molar-refractivity contribution >= 4 is 28.4 Å². The number of hydrogen-bond donors (Lipinski definition) is 3. The van der Waals surface area contributed by atoms with E-state index >= 15 is 0 Å². The zero-order chi connectivity index (χ0) is 23.0. The number of nitrogens with zero attached hydrogens (tertiary/aromatic N) is 5. The lowest BCUT2D eigenvalue weighted by atomic mass is 9.97. The van der Waals surface area contributed by atoms with E-state index in [9.17, 15) is 13.2 Å². The van der Waals surface area contributed by atoms with Gasteiger partial charge in [-0.1, -0.05) is 0 Å². The van der Waals surface area contributed by atoms with Crippen LogP contribution < -0.4 is 10.6 Å². The minimum atomic E-state index is -4.50. The fourth-order valence-electron chi connectivity index (χ4n) is 5.04. The number of fused-ring (bicyclic) bond motifs is 3. The molecule has 33 heavy (non-hydrogen) atoms. The summed E-state index contributed by atoms with van der Waals surface area (Å²) in [7, 11) is 0. The van der Waals surface area contributed by atoms with Gasteiger partial charge in [-0.2, -0.15) is 23.5 Å². The van der Waals surface area contributed by atoms with Gasteiger partial charge in [0.2, 0.25) is 0 Å². The minimum Gasteiger partial charge on any atom is -0.367 e. The van der Waals surface area contributed by atoms with Crippen LogP contribution in [0.5, 0.6) is 0 Å². The molecule has 2 bridgehead atoms. The molecule has 0 saturated carbocycles. The fraction of sp³-hybridized carbons (Fsp3) is 0.455. The molecular weight excluding hydrogens is 433 g/mol. The van der Waals surface area contributed by atoms with Gasteiger partial charge in [0.05, 0.1) is 11.6 Å². The average molecular weight is 456 g/mol. The molecule has 0 aromatic carbocycles. The third-order valence-corrected chi connectivity index (χ3v) is 6.45. The van der Waals surface area contributed by atoms with Crippen molar-refractivity contribution in [1.82, 2.24) is 25.1 Å². The smallest absolute Gasteiger partial charge is 0.367 e. The van der Waals surface area contributed by atoms with Crippen LogP contribution >= 0.6 is 0 Å². The highest BCUT2D eigenvalue weighted by Crippen LogP contribution is 2.37. The van der Waals surface area contributed by atoms with Gasteiger partial charge in [0.15, 0.2) is 5.82 Å². The van der Waals surface area contributed by atoms with E-state index < -0.39 is 11.9 Å². The van der Waals surface area contributed by atoms with Crippen molar-refractivity contribution in [1.29, 1.82) is 5.26 Å². The fourth-order valence-corrected chi connectivity index (χ4v) is 5.04. The number of piperidine rings is 1. The molecule has 11 heteroatoms. The van der Waals surface area contributed by atoms with Crippen molar-refractivity contribution in [2.45, 2.75) is 56.4 Å². The van der Waals surface area contributed by atoms with E-state index in [2.05, 4.69) is 36.7 Å². The van der Waals surface area contributed by atoms with Crippen LogP contribution in [0.4, 0.5) is 30.6 Å². The largest absolute Gasteiger partial charge is 0.432 e. The van der Waals surface area contributed by atoms with Crippen molar-refractivity contribution < 1.29 is 13.2 Å². The zero-order valence-corrected chi connectivity index (χ0v) is 17.7. The number of nitrogens with one attached hydrogen (secondary N) is 3. The molecule has 0 amide bonds. The summed E-state index contributed by atoms with van der Waals surface area (Å²) in [5.41, 5.74) is -0.251. The first-order valence-corrected chi connectivity index (χ1v) is 11.0. The first-order valence-electron chi connectivity index (χ1n) is 11.0. The molecule has 2 fully saturated rings. The molecule has 5 heterocycles. The van der Waals surface area contributed by atoms with Crippen LogP contribution in [0.2, 0.25) is 0 Å². The molecular formula is C22H23F3N8. The topological polar surface area (TPSA) is 106 Å². The van der Waals surface area contributed by atoms with Gasteiger partial charge >= 0.3 is 6.18 Å². The monoisotopic (exact) mass is 456 g/mol. The van der Waals surface area contributed by atoms with Gasteiger partial charge in [-0.05, 0) is 37.8 Å². The maximum atomic E-state index is 12.9. The van der Waals surface area contributed by atoms with Gasteiger partial charge in [0.1, 0.15) is 17.3 Å². The van der Waals surface area contributed by atoms with E-state index in [1.165, 1.54) is 0 Å². The van der Waals surface area contributed by atoms with Crippen molar-refractivity contribution in [3.05, 3.63) is 36.2 Å². The Kier molecular flexibility index (Phi) is 5.54. The lowest BCUT2D eigenvalue weighted by Crippen LogP contribution is -2.47. The molecule has 3 atom stereocenters. The lowest BCUT2D eigenvalue weighted by Gasteiger charge is -2.39. The van der Waals surface area contributed by atoms with E-state index in [1.54, 1.807) is 12.3 Å². The molecule has 3 aromatic heterocycles. The maximum absolute atomic E-state index is 12.9. The van der Waals surface area contributed by atoms with Gasteiger partial charge < -0.3 is 10.6 Å². The van der Waals surface area contributed by atoms with Crippen LogP contribution in [0.15, 0.2) is 30.5 Å². The Labute approximate surface area is 188 Å². The molecule has 1 unspecified atom stereocenters. The average Bonchev–Trinajstić information content (AvgIpc) is 3.34. The maximum Gasteiger partial charge on any atom is 0.432 e. The summed E-state index contributed by atoms with van der Waals surface area (Å²) in [5, 5.41) is 21.9. The zero-order valence-electron chi connectivity index (χ0n) is 17.7. The third-order valence-electron chi connectivity index (χ3n) is 6.45. The molecule has 2 saturated heterocycles. The Morgan fingerprint density at radius 3 is 2.67 bits per heavy atom. The minimum absolute atomic E-state index is 0.0277. The van der Waals surface area contributed by atoms with Gasteiger partial charge in [0.25, 0.3) is 0 Å². The second-order valence-electron chi connectivity index (χ2n) is 8.56. The number of alkyl halides is 3. The summed E-state index contributed by atoms with van der Waals surface area (Å²) in [6.07, 6.45) is 1.88. The SMILES string of the molecule is N#CCCN1[C@@H]2CC[C@H]1CC(Nc1nc(Nc3cc(C(F)(F)F)[nH]n3)cc3ncccc13)C2. The number of aromatic nitrogens is 4. The van der Waals surface area contributed by atoms with Crippen molar-refractivity contribution in [2.75, 3.05) is 17.2 Å². The van der Waals surface area contributed by atoms with Crippen LogP contribution in [-0.4, -0.2) is 49.7 Å². The number of rotatable bonds is 6. The third kappa shape index (κ3) is 4.43. The van der Waals surface area contributed by atoms with E-state index in [4.69, 9.17) is 5.26 Å². The number of pyridine rings is 2. The quantitative estimate of drug-likeness (QED) is 0.504. The highest BCUT2D eigenvalue weighted by molar-refractivity contribution is 5.91. The summed E-state index contributed by atoms with van der Waals surface area (Å²) in [6.45, 7) is 0.812. The molecule has 5 rings (SSSR count). The number of nitriles is 1. The Bertz CT molecular complexity index is 1170. The van der Waals surface area contributed by atoms with E-state index in [0.717, 1.165) is 43.7 Å². The second kappa shape index (κ2) is 8.51. The number of hydrogen-bond acceptors (Lipinski definition) is 7. The molecule has 0 radical (unpaired) electrons. The van der Waals surface area contributed by atoms with Gasteiger partial charge in [-0.15, -0.1) is 0 Å². The van der Waals surface area contributed by atoms with Crippen molar-refractivity contribution in [2.24, 2.45) is 0 Å². The summed E-state index contributed by atoms with van der Waals surface area (Å²) in [6, 6.07) is 9.71. The van der Waals surface area contributed by atoms with Crippen LogP contribution in [-0.2, 0) is 6.18 Å². The lowest BCUT2D eigenvalue weighted by molar-refractivity contribution is -0.141. The molecule has 2 aliphatic rings. The molecule has 0 aliphatic carbocycles. The van der Waals surface area contributed by atoms with Gasteiger partial charge in [-0.25, -0.2) is 4.98 Å². The van der Waals surface area contributed by atoms with E-state index in [-0.39, 0.29) is 11.9 Å². The first kappa shape index (κ1) is 21.5.